The summed E-state index contributed by atoms with van der Waals surface area (Å²) >= 11 is 1.74. The molecule has 0 bridgehead atoms. The number of likely N-dealkylation sites (N-methyl/N-ethyl adjacent to an activating group) is 1. The third-order valence-electron chi connectivity index (χ3n) is 2.41. The second-order valence-corrected chi connectivity index (χ2v) is 4.80. The molecule has 4 heteroatoms. The van der Waals surface area contributed by atoms with Crippen LogP contribution in [0.25, 0.3) is 0 Å². The van der Waals surface area contributed by atoms with E-state index in [1.807, 2.05) is 0 Å². The highest BCUT2D eigenvalue weighted by Crippen LogP contribution is 2.17. The second-order valence-electron chi connectivity index (χ2n) is 3.63. The molecule has 2 N–H and O–H groups in total. The molecule has 0 saturated carbocycles. The summed E-state index contributed by atoms with van der Waals surface area (Å²) in [5.41, 5.74) is 5.35. The average molecular weight is 252 g/mol. The van der Waals surface area contributed by atoms with Crippen molar-refractivity contribution in [2.75, 3.05) is 33.4 Å². The van der Waals surface area contributed by atoms with Crippen molar-refractivity contribution in [3.8, 4) is 11.8 Å². The zero-order valence-electron chi connectivity index (χ0n) is 10.5. The maximum absolute atomic E-state index is 5.35. The zero-order chi connectivity index (χ0) is 12.5. The molecule has 0 saturated heterocycles. The minimum atomic E-state index is 0.419. The highest BCUT2D eigenvalue weighted by Gasteiger charge is 2.05. The Hall–Kier alpha value is -0.860. The van der Waals surface area contributed by atoms with E-state index in [2.05, 4.69) is 35.8 Å². The summed E-state index contributed by atoms with van der Waals surface area (Å²) < 4.78 is 5.10. The molecular formula is C13H20N2OS. The van der Waals surface area contributed by atoms with Crippen molar-refractivity contribution in [2.45, 2.75) is 13.5 Å². The van der Waals surface area contributed by atoms with Crippen LogP contribution in [0.4, 0.5) is 0 Å². The van der Waals surface area contributed by atoms with Crippen LogP contribution in [0.2, 0.25) is 0 Å². The highest BCUT2D eigenvalue weighted by molar-refractivity contribution is 7.12. The van der Waals surface area contributed by atoms with Crippen LogP contribution in [0.3, 0.4) is 0 Å². The van der Waals surface area contributed by atoms with E-state index < -0.39 is 0 Å². The first-order valence-electron chi connectivity index (χ1n) is 5.79. The molecule has 94 valence electrons. The van der Waals surface area contributed by atoms with Crippen LogP contribution in [0.15, 0.2) is 12.1 Å². The minimum absolute atomic E-state index is 0.419. The minimum Gasteiger partial charge on any atom is -0.383 e. The molecule has 0 unspecified atom stereocenters. The second kappa shape index (κ2) is 8.26. The van der Waals surface area contributed by atoms with Crippen molar-refractivity contribution in [2.24, 2.45) is 5.73 Å². The lowest BCUT2D eigenvalue weighted by Gasteiger charge is -2.18. The zero-order valence-corrected chi connectivity index (χ0v) is 11.3. The Morgan fingerprint density at radius 2 is 2.29 bits per heavy atom. The van der Waals surface area contributed by atoms with Crippen LogP contribution in [0.1, 0.15) is 16.7 Å². The Morgan fingerprint density at radius 1 is 1.47 bits per heavy atom. The molecule has 0 radical (unpaired) electrons. The van der Waals surface area contributed by atoms with Gasteiger partial charge in [0.25, 0.3) is 0 Å². The number of hydrogen-bond acceptors (Lipinski definition) is 4. The fraction of sp³-hybridized carbons (Fsp3) is 0.538. The summed E-state index contributed by atoms with van der Waals surface area (Å²) in [6.45, 7) is 6.33. The molecule has 0 spiro atoms. The van der Waals surface area contributed by atoms with Gasteiger partial charge in [0.15, 0.2) is 0 Å². The third-order valence-corrected chi connectivity index (χ3v) is 3.40. The summed E-state index contributed by atoms with van der Waals surface area (Å²) in [5, 5.41) is 0. The lowest BCUT2D eigenvalue weighted by Crippen LogP contribution is -2.26. The van der Waals surface area contributed by atoms with Crippen LogP contribution >= 0.6 is 11.3 Å². The molecule has 1 rings (SSSR count). The molecule has 0 aliphatic heterocycles. The van der Waals surface area contributed by atoms with Gasteiger partial charge in [0, 0.05) is 25.1 Å². The molecule has 3 nitrogen and oxygen atoms in total. The Bertz CT molecular complexity index is 378. The van der Waals surface area contributed by atoms with E-state index in [4.69, 9.17) is 10.5 Å². The lowest BCUT2D eigenvalue weighted by atomic mass is 10.4. The first kappa shape index (κ1) is 14.2. The normalized spacial score (nSPS) is 10.4. The van der Waals surface area contributed by atoms with Gasteiger partial charge in [-0.05, 0) is 18.7 Å². The van der Waals surface area contributed by atoms with Gasteiger partial charge in [-0.15, -0.1) is 11.3 Å². The van der Waals surface area contributed by atoms with Crippen molar-refractivity contribution < 1.29 is 4.74 Å². The van der Waals surface area contributed by atoms with Crippen LogP contribution in [-0.4, -0.2) is 38.3 Å². The number of thiophene rings is 1. The Balaban J connectivity index is 2.51. The third kappa shape index (κ3) is 5.33. The van der Waals surface area contributed by atoms with E-state index in [1.165, 1.54) is 4.88 Å². The smallest absolute Gasteiger partial charge is 0.0772 e. The van der Waals surface area contributed by atoms with Gasteiger partial charge in [-0.2, -0.15) is 0 Å². The first-order valence-corrected chi connectivity index (χ1v) is 6.60. The van der Waals surface area contributed by atoms with Gasteiger partial charge < -0.3 is 10.5 Å². The summed E-state index contributed by atoms with van der Waals surface area (Å²) in [4.78, 5) is 4.78. The van der Waals surface area contributed by atoms with Crippen LogP contribution in [0.5, 0.6) is 0 Å². The van der Waals surface area contributed by atoms with Crippen molar-refractivity contribution in [1.29, 1.82) is 0 Å². The van der Waals surface area contributed by atoms with Crippen LogP contribution in [-0.2, 0) is 11.3 Å². The van der Waals surface area contributed by atoms with Crippen LogP contribution < -0.4 is 5.73 Å². The number of nitrogens with zero attached hydrogens (tertiary/aromatic N) is 1. The molecule has 0 fully saturated rings. The summed E-state index contributed by atoms with van der Waals surface area (Å²) in [7, 11) is 1.74. The van der Waals surface area contributed by atoms with E-state index in [0.29, 0.717) is 6.54 Å². The summed E-state index contributed by atoms with van der Waals surface area (Å²) in [5.74, 6) is 5.93. The van der Waals surface area contributed by atoms with Crippen molar-refractivity contribution in [3.05, 3.63) is 21.9 Å². The number of nitrogens with two attached hydrogens (primary N) is 1. The van der Waals surface area contributed by atoms with E-state index in [9.17, 15) is 0 Å². The molecule has 0 aliphatic rings. The standard InChI is InChI=1S/C13H20N2OS/c1-3-15(9-10-16-2)11-13-7-6-12(17-13)5-4-8-14/h6-7H,3,8-11,14H2,1-2H3. The molecular weight excluding hydrogens is 232 g/mol. The fourth-order valence-electron chi connectivity index (χ4n) is 1.46. The molecule has 1 aromatic rings. The largest absolute Gasteiger partial charge is 0.383 e. The van der Waals surface area contributed by atoms with E-state index in [0.717, 1.165) is 31.1 Å². The van der Waals surface area contributed by atoms with E-state index >= 15 is 0 Å². The van der Waals surface area contributed by atoms with Gasteiger partial charge in [-0.1, -0.05) is 18.8 Å². The SMILES string of the molecule is CCN(CCOC)Cc1ccc(C#CCN)s1. The number of methoxy groups -OCH3 is 1. The number of hydrogen-bond donors (Lipinski definition) is 1. The Kier molecular flexibility index (Phi) is 6.90. The van der Waals surface area contributed by atoms with Gasteiger partial charge in [-0.25, -0.2) is 0 Å². The average Bonchev–Trinajstić information content (AvgIpc) is 2.79. The predicted molar refractivity (Wildman–Crippen MR) is 73.1 cm³/mol. The predicted octanol–water partition coefficient (Wildman–Crippen LogP) is 1.53. The van der Waals surface area contributed by atoms with Crippen molar-refractivity contribution in [3.63, 3.8) is 0 Å². The molecule has 0 atom stereocenters. The summed E-state index contributed by atoms with van der Waals surface area (Å²) in [6, 6.07) is 4.20. The first-order chi connectivity index (χ1) is 8.30. The van der Waals surface area contributed by atoms with Gasteiger partial charge in [0.05, 0.1) is 18.0 Å². The molecule has 17 heavy (non-hydrogen) atoms. The molecule has 1 aromatic heterocycles. The summed E-state index contributed by atoms with van der Waals surface area (Å²) in [6.07, 6.45) is 0. The van der Waals surface area contributed by atoms with E-state index in [-0.39, 0.29) is 0 Å². The van der Waals surface area contributed by atoms with Crippen molar-refractivity contribution >= 4 is 11.3 Å². The number of ether oxygens (including phenoxy) is 1. The number of rotatable bonds is 6. The molecule has 1 heterocycles. The van der Waals surface area contributed by atoms with Gasteiger partial charge in [0.2, 0.25) is 0 Å². The van der Waals surface area contributed by atoms with Gasteiger partial charge in [-0.3, -0.25) is 4.90 Å². The molecule has 0 aliphatic carbocycles. The topological polar surface area (TPSA) is 38.5 Å². The van der Waals surface area contributed by atoms with Gasteiger partial charge in [0.1, 0.15) is 0 Å². The molecule has 0 amide bonds. The van der Waals surface area contributed by atoms with Gasteiger partial charge >= 0.3 is 0 Å². The van der Waals surface area contributed by atoms with Crippen molar-refractivity contribution in [1.82, 2.24) is 4.90 Å². The Labute approximate surface area is 108 Å². The van der Waals surface area contributed by atoms with Crippen LogP contribution in [0, 0.1) is 11.8 Å². The maximum atomic E-state index is 5.35. The maximum Gasteiger partial charge on any atom is 0.0772 e. The lowest BCUT2D eigenvalue weighted by molar-refractivity contribution is 0.148. The van der Waals surface area contributed by atoms with E-state index in [1.54, 1.807) is 18.4 Å². The quantitative estimate of drug-likeness (QED) is 0.780. The molecule has 0 aromatic carbocycles. The monoisotopic (exact) mass is 252 g/mol. The fourth-order valence-corrected chi connectivity index (χ4v) is 2.38. The Morgan fingerprint density at radius 3 is 2.94 bits per heavy atom. The highest BCUT2D eigenvalue weighted by atomic mass is 32.1.